The lowest BCUT2D eigenvalue weighted by atomic mass is 9.96. The number of methoxy groups -OCH3 is 1. The molecule has 0 bridgehead atoms. The van der Waals surface area contributed by atoms with Gasteiger partial charge in [-0.2, -0.15) is 0 Å². The van der Waals surface area contributed by atoms with Crippen LogP contribution < -0.4 is 10.4 Å². The highest BCUT2D eigenvalue weighted by molar-refractivity contribution is 5.83. The third-order valence-corrected chi connectivity index (χ3v) is 3.64. The fraction of sp³-hybridized carbons (Fsp3) is 0.316. The van der Waals surface area contributed by atoms with Crippen molar-refractivity contribution in [1.29, 1.82) is 0 Å². The Hall–Kier alpha value is -3.09. The molecule has 0 fully saturated rings. The molecular weight excluding hydrogens is 340 g/mol. The fourth-order valence-corrected chi connectivity index (χ4v) is 2.63. The summed E-state index contributed by atoms with van der Waals surface area (Å²) in [6.07, 6.45) is -2.08. The van der Waals surface area contributed by atoms with Gasteiger partial charge in [0, 0.05) is 25.3 Å². The van der Waals surface area contributed by atoms with E-state index in [1.807, 2.05) is 0 Å². The van der Waals surface area contributed by atoms with E-state index >= 15 is 0 Å². The van der Waals surface area contributed by atoms with Crippen LogP contribution >= 0.6 is 0 Å². The normalized spacial score (nSPS) is 12.9. The van der Waals surface area contributed by atoms with E-state index in [4.69, 9.17) is 18.6 Å². The Balaban J connectivity index is 2.79. The number of hydrogen-bond donors (Lipinski definition) is 0. The van der Waals surface area contributed by atoms with Gasteiger partial charge in [-0.15, -0.1) is 0 Å². The van der Waals surface area contributed by atoms with Crippen LogP contribution in [-0.4, -0.2) is 25.2 Å². The van der Waals surface area contributed by atoms with Gasteiger partial charge in [-0.05, 0) is 30.7 Å². The predicted molar refractivity (Wildman–Crippen MR) is 93.9 cm³/mol. The minimum atomic E-state index is -1.10. The van der Waals surface area contributed by atoms with Crippen molar-refractivity contribution in [3.8, 4) is 5.75 Å². The van der Waals surface area contributed by atoms with E-state index in [0.717, 1.165) is 0 Å². The summed E-state index contributed by atoms with van der Waals surface area (Å²) in [7, 11) is 1.43. The molecule has 0 aliphatic heterocycles. The van der Waals surface area contributed by atoms with Crippen LogP contribution in [0, 0.1) is 0 Å². The summed E-state index contributed by atoms with van der Waals surface area (Å²) in [5, 5.41) is 0.598. The van der Waals surface area contributed by atoms with Crippen molar-refractivity contribution in [2.24, 2.45) is 0 Å². The zero-order valence-corrected chi connectivity index (χ0v) is 15.0. The summed E-state index contributed by atoms with van der Waals surface area (Å²) in [6, 6.07) is 6.21. The Kier molecular flexibility index (Phi) is 5.82. The van der Waals surface area contributed by atoms with E-state index in [9.17, 15) is 14.4 Å². The lowest BCUT2D eigenvalue weighted by molar-refractivity contribution is -0.163. The number of esters is 2. The van der Waals surface area contributed by atoms with Gasteiger partial charge in [-0.1, -0.05) is 6.58 Å². The highest BCUT2D eigenvalue weighted by Crippen LogP contribution is 2.38. The first-order valence-corrected chi connectivity index (χ1v) is 7.85. The molecule has 0 saturated heterocycles. The number of rotatable bonds is 6. The molecule has 2 rings (SSSR count). The highest BCUT2D eigenvalue weighted by atomic mass is 16.6. The standard InChI is InChI=1S/C19H20O7/c1-10(2)17(24-11(3)20)19(25-12(4)21)16-14(23-5)8-6-13-7-9-15(22)26-18(13)16/h6-9,17,19H,1H2,2-5H3. The first-order valence-electron chi connectivity index (χ1n) is 7.85. The first kappa shape index (κ1) is 19.2. The smallest absolute Gasteiger partial charge is 0.336 e. The van der Waals surface area contributed by atoms with Crippen LogP contribution in [0.2, 0.25) is 0 Å². The number of hydrogen-bond acceptors (Lipinski definition) is 7. The predicted octanol–water partition coefficient (Wildman–Crippen LogP) is 2.91. The molecule has 2 unspecified atom stereocenters. The zero-order valence-electron chi connectivity index (χ0n) is 15.0. The van der Waals surface area contributed by atoms with Crippen LogP contribution in [0.4, 0.5) is 0 Å². The van der Waals surface area contributed by atoms with Crippen molar-refractivity contribution < 1.29 is 28.2 Å². The maximum atomic E-state index is 11.7. The molecule has 0 aliphatic rings. The van der Waals surface area contributed by atoms with Crippen LogP contribution in [0.15, 0.2) is 45.6 Å². The van der Waals surface area contributed by atoms with Crippen molar-refractivity contribution in [1.82, 2.24) is 0 Å². The van der Waals surface area contributed by atoms with Gasteiger partial charge in [0.1, 0.15) is 11.3 Å². The zero-order chi connectivity index (χ0) is 19.4. The number of ether oxygens (including phenoxy) is 3. The molecule has 1 heterocycles. The third-order valence-electron chi connectivity index (χ3n) is 3.64. The maximum absolute atomic E-state index is 11.7. The minimum absolute atomic E-state index is 0.182. The lowest BCUT2D eigenvalue weighted by Crippen LogP contribution is -2.29. The maximum Gasteiger partial charge on any atom is 0.336 e. The Morgan fingerprint density at radius 3 is 2.19 bits per heavy atom. The molecule has 0 radical (unpaired) electrons. The largest absolute Gasteiger partial charge is 0.496 e. The van der Waals surface area contributed by atoms with Gasteiger partial charge in [-0.3, -0.25) is 9.59 Å². The molecule has 0 spiro atoms. The molecule has 0 amide bonds. The van der Waals surface area contributed by atoms with Gasteiger partial charge in [0.15, 0.2) is 12.2 Å². The van der Waals surface area contributed by atoms with E-state index in [-0.39, 0.29) is 11.1 Å². The van der Waals surface area contributed by atoms with Crippen molar-refractivity contribution in [2.75, 3.05) is 7.11 Å². The molecule has 7 heteroatoms. The third kappa shape index (κ3) is 4.11. The molecule has 138 valence electrons. The van der Waals surface area contributed by atoms with Crippen LogP contribution in [0.1, 0.15) is 32.4 Å². The second-order valence-corrected chi connectivity index (χ2v) is 5.76. The number of carbonyl (C=O) groups is 2. The van der Waals surface area contributed by atoms with Gasteiger partial charge in [0.05, 0.1) is 12.7 Å². The highest BCUT2D eigenvalue weighted by Gasteiger charge is 2.34. The average Bonchev–Trinajstić information content (AvgIpc) is 2.56. The topological polar surface area (TPSA) is 92.0 Å². The monoisotopic (exact) mass is 360 g/mol. The molecule has 2 atom stereocenters. The van der Waals surface area contributed by atoms with Crippen LogP contribution in [-0.2, 0) is 19.1 Å². The quantitative estimate of drug-likeness (QED) is 0.444. The van der Waals surface area contributed by atoms with Crippen molar-refractivity contribution in [3.05, 3.63) is 52.4 Å². The number of fused-ring (bicyclic) bond motifs is 1. The second-order valence-electron chi connectivity index (χ2n) is 5.76. The van der Waals surface area contributed by atoms with Gasteiger partial charge >= 0.3 is 17.6 Å². The van der Waals surface area contributed by atoms with Crippen molar-refractivity contribution in [2.45, 2.75) is 33.0 Å². The molecule has 0 aliphatic carbocycles. The molecule has 1 aromatic heterocycles. The van der Waals surface area contributed by atoms with Crippen LogP contribution in [0.25, 0.3) is 11.0 Å². The van der Waals surface area contributed by atoms with Crippen LogP contribution in [0.5, 0.6) is 5.75 Å². The molecule has 0 saturated carbocycles. The molecule has 7 nitrogen and oxygen atoms in total. The van der Waals surface area contributed by atoms with E-state index in [1.165, 1.54) is 27.0 Å². The van der Waals surface area contributed by atoms with E-state index in [2.05, 4.69) is 6.58 Å². The molecule has 0 N–H and O–H groups in total. The summed E-state index contributed by atoms with van der Waals surface area (Å²) in [5.74, 6) is -0.863. The summed E-state index contributed by atoms with van der Waals surface area (Å²) >= 11 is 0. The molecule has 1 aromatic carbocycles. The van der Waals surface area contributed by atoms with E-state index in [1.54, 1.807) is 25.1 Å². The van der Waals surface area contributed by atoms with Gasteiger partial charge in [-0.25, -0.2) is 4.79 Å². The summed E-state index contributed by atoms with van der Waals surface area (Å²) in [4.78, 5) is 35.0. The summed E-state index contributed by atoms with van der Waals surface area (Å²) in [5.41, 5.74) is 0.338. The average molecular weight is 360 g/mol. The SMILES string of the molecule is C=C(C)C(OC(C)=O)C(OC(C)=O)c1c(OC)ccc2ccc(=O)oc12. The molecular formula is C19H20O7. The van der Waals surface area contributed by atoms with Gasteiger partial charge < -0.3 is 18.6 Å². The van der Waals surface area contributed by atoms with Crippen molar-refractivity contribution >= 4 is 22.9 Å². The number of carbonyl (C=O) groups excluding carboxylic acids is 2. The lowest BCUT2D eigenvalue weighted by Gasteiger charge is -2.28. The number of benzene rings is 1. The second kappa shape index (κ2) is 7.86. The van der Waals surface area contributed by atoms with Gasteiger partial charge in [0.25, 0.3) is 0 Å². The Morgan fingerprint density at radius 1 is 1.04 bits per heavy atom. The van der Waals surface area contributed by atoms with E-state index < -0.39 is 29.8 Å². The van der Waals surface area contributed by atoms with Crippen LogP contribution in [0.3, 0.4) is 0 Å². The summed E-state index contributed by atoms with van der Waals surface area (Å²) in [6.45, 7) is 7.91. The Labute approximate surface area is 150 Å². The minimum Gasteiger partial charge on any atom is -0.496 e. The van der Waals surface area contributed by atoms with Crippen molar-refractivity contribution in [3.63, 3.8) is 0 Å². The summed E-state index contributed by atoms with van der Waals surface area (Å²) < 4.78 is 21.5. The Morgan fingerprint density at radius 2 is 1.65 bits per heavy atom. The fourth-order valence-electron chi connectivity index (χ4n) is 2.63. The molecule has 26 heavy (non-hydrogen) atoms. The first-order chi connectivity index (χ1) is 12.2. The molecule has 2 aromatic rings. The Bertz CT molecular complexity index is 910. The van der Waals surface area contributed by atoms with E-state index in [0.29, 0.717) is 16.7 Å². The van der Waals surface area contributed by atoms with Gasteiger partial charge in [0.2, 0.25) is 0 Å².